The minimum atomic E-state index is -0.601. The molecule has 3 rings (SSSR count). The van der Waals surface area contributed by atoms with E-state index in [1.807, 2.05) is 30.3 Å². The Bertz CT molecular complexity index is 704. The quantitative estimate of drug-likeness (QED) is 0.940. The normalized spacial score (nSPS) is 13.6. The SMILES string of the molecule is O=C(CN1CCCc2cc(F)cc(F)c21)NCc1ccccc1. The van der Waals surface area contributed by atoms with E-state index >= 15 is 0 Å². The summed E-state index contributed by atoms with van der Waals surface area (Å²) in [5.41, 5.74) is 1.99. The van der Waals surface area contributed by atoms with Crippen molar-refractivity contribution in [3.8, 4) is 0 Å². The van der Waals surface area contributed by atoms with Crippen LogP contribution >= 0.6 is 0 Å². The maximum absolute atomic E-state index is 14.1. The number of amides is 1. The Balaban J connectivity index is 1.66. The molecule has 0 saturated heterocycles. The van der Waals surface area contributed by atoms with Crippen molar-refractivity contribution in [1.82, 2.24) is 5.32 Å². The Morgan fingerprint density at radius 3 is 2.74 bits per heavy atom. The third kappa shape index (κ3) is 3.67. The molecular weight excluding hydrogens is 298 g/mol. The van der Waals surface area contributed by atoms with Gasteiger partial charge in [0.2, 0.25) is 5.91 Å². The van der Waals surface area contributed by atoms with Crippen molar-refractivity contribution in [3.05, 3.63) is 65.2 Å². The van der Waals surface area contributed by atoms with Crippen LogP contribution in [0.4, 0.5) is 14.5 Å². The number of hydrogen-bond acceptors (Lipinski definition) is 2. The van der Waals surface area contributed by atoms with Crippen molar-refractivity contribution >= 4 is 11.6 Å². The van der Waals surface area contributed by atoms with Gasteiger partial charge < -0.3 is 10.2 Å². The summed E-state index contributed by atoms with van der Waals surface area (Å²) in [6.07, 6.45) is 1.41. The van der Waals surface area contributed by atoms with Crippen LogP contribution in [0.15, 0.2) is 42.5 Å². The lowest BCUT2D eigenvalue weighted by Gasteiger charge is -2.31. The van der Waals surface area contributed by atoms with Crippen molar-refractivity contribution in [2.75, 3.05) is 18.0 Å². The summed E-state index contributed by atoms with van der Waals surface area (Å²) in [5, 5.41) is 2.83. The molecule has 1 N–H and O–H groups in total. The molecule has 3 nitrogen and oxygen atoms in total. The zero-order valence-corrected chi connectivity index (χ0v) is 12.7. The van der Waals surface area contributed by atoms with Gasteiger partial charge in [0.1, 0.15) is 11.6 Å². The zero-order valence-electron chi connectivity index (χ0n) is 12.7. The van der Waals surface area contributed by atoms with Crippen molar-refractivity contribution in [3.63, 3.8) is 0 Å². The molecule has 0 fully saturated rings. The summed E-state index contributed by atoms with van der Waals surface area (Å²) in [7, 11) is 0. The lowest BCUT2D eigenvalue weighted by atomic mass is 10.0. The molecule has 0 aromatic heterocycles. The predicted molar refractivity (Wildman–Crippen MR) is 85.2 cm³/mol. The van der Waals surface area contributed by atoms with Crippen molar-refractivity contribution < 1.29 is 13.6 Å². The van der Waals surface area contributed by atoms with E-state index in [0.29, 0.717) is 30.8 Å². The van der Waals surface area contributed by atoms with E-state index in [0.717, 1.165) is 18.1 Å². The van der Waals surface area contributed by atoms with Crippen LogP contribution in [0.1, 0.15) is 17.5 Å². The smallest absolute Gasteiger partial charge is 0.239 e. The zero-order chi connectivity index (χ0) is 16.2. The lowest BCUT2D eigenvalue weighted by Crippen LogP contribution is -2.40. The van der Waals surface area contributed by atoms with Crippen molar-refractivity contribution in [1.29, 1.82) is 0 Å². The highest BCUT2D eigenvalue weighted by molar-refractivity contribution is 5.82. The van der Waals surface area contributed by atoms with Gasteiger partial charge in [-0.25, -0.2) is 8.78 Å². The predicted octanol–water partition coefficient (Wildman–Crippen LogP) is 3.03. The highest BCUT2D eigenvalue weighted by Gasteiger charge is 2.23. The molecule has 0 aliphatic carbocycles. The number of hydrogen-bond donors (Lipinski definition) is 1. The molecule has 5 heteroatoms. The first kappa shape index (κ1) is 15.5. The first-order chi connectivity index (χ1) is 11.1. The van der Waals surface area contributed by atoms with E-state index in [-0.39, 0.29) is 12.5 Å². The summed E-state index contributed by atoms with van der Waals surface area (Å²) >= 11 is 0. The Kier molecular flexibility index (Phi) is 4.55. The van der Waals surface area contributed by atoms with E-state index in [1.165, 1.54) is 6.07 Å². The maximum Gasteiger partial charge on any atom is 0.239 e. The lowest BCUT2D eigenvalue weighted by molar-refractivity contribution is -0.119. The molecule has 2 aromatic carbocycles. The van der Waals surface area contributed by atoms with Gasteiger partial charge >= 0.3 is 0 Å². The molecule has 0 bridgehead atoms. The van der Waals surface area contributed by atoms with Gasteiger partial charge in [-0.15, -0.1) is 0 Å². The van der Waals surface area contributed by atoms with Crippen LogP contribution in [0.5, 0.6) is 0 Å². The molecule has 0 atom stereocenters. The number of rotatable bonds is 4. The second-order valence-corrected chi connectivity index (χ2v) is 5.68. The molecule has 1 aliphatic heterocycles. The number of anilines is 1. The number of halogens is 2. The summed E-state index contributed by atoms with van der Waals surface area (Å²) < 4.78 is 27.4. The molecule has 2 aromatic rings. The molecule has 0 unspecified atom stereocenters. The molecular formula is C18H18F2N2O. The number of nitrogens with zero attached hydrogens (tertiary/aromatic N) is 1. The van der Waals surface area contributed by atoms with Gasteiger partial charge in [0.25, 0.3) is 0 Å². The molecule has 120 valence electrons. The minimum absolute atomic E-state index is 0.0718. The average Bonchev–Trinajstić information content (AvgIpc) is 2.53. The van der Waals surface area contributed by atoms with Crippen LogP contribution in [0.3, 0.4) is 0 Å². The number of carbonyl (C=O) groups excluding carboxylic acids is 1. The van der Waals surface area contributed by atoms with Crippen LogP contribution < -0.4 is 10.2 Å². The highest BCUT2D eigenvalue weighted by Crippen LogP contribution is 2.30. The molecule has 1 amide bonds. The van der Waals surface area contributed by atoms with Gasteiger partial charge in [0, 0.05) is 19.2 Å². The Labute approximate surface area is 133 Å². The minimum Gasteiger partial charge on any atom is -0.360 e. The summed E-state index contributed by atoms with van der Waals surface area (Å²) in [4.78, 5) is 13.8. The Morgan fingerprint density at radius 1 is 1.17 bits per heavy atom. The largest absolute Gasteiger partial charge is 0.360 e. The molecule has 0 radical (unpaired) electrons. The van der Waals surface area contributed by atoms with E-state index < -0.39 is 11.6 Å². The van der Waals surface area contributed by atoms with Crippen molar-refractivity contribution in [2.24, 2.45) is 0 Å². The van der Waals surface area contributed by atoms with Gasteiger partial charge in [0.15, 0.2) is 0 Å². The van der Waals surface area contributed by atoms with E-state index in [4.69, 9.17) is 0 Å². The number of benzene rings is 2. The van der Waals surface area contributed by atoms with Crippen LogP contribution in [0, 0.1) is 11.6 Å². The number of nitrogens with one attached hydrogen (secondary N) is 1. The average molecular weight is 316 g/mol. The first-order valence-electron chi connectivity index (χ1n) is 7.67. The number of carbonyl (C=O) groups is 1. The number of aryl methyl sites for hydroxylation is 1. The second-order valence-electron chi connectivity index (χ2n) is 5.68. The standard InChI is InChI=1S/C18H18F2N2O/c19-15-9-14-7-4-8-22(18(14)16(20)10-15)12-17(23)21-11-13-5-2-1-3-6-13/h1-3,5-6,9-10H,4,7-8,11-12H2,(H,21,23). The van der Waals surface area contributed by atoms with Gasteiger partial charge in [-0.05, 0) is 30.0 Å². The number of fused-ring (bicyclic) bond motifs is 1. The maximum atomic E-state index is 14.1. The third-order valence-electron chi connectivity index (χ3n) is 3.96. The molecule has 1 heterocycles. The molecule has 1 aliphatic rings. The molecule has 0 saturated carbocycles. The van der Waals surface area contributed by atoms with Crippen LogP contribution in [-0.2, 0) is 17.8 Å². The summed E-state index contributed by atoms with van der Waals surface area (Å²) in [5.74, 6) is -1.35. The highest BCUT2D eigenvalue weighted by atomic mass is 19.1. The Morgan fingerprint density at radius 2 is 1.96 bits per heavy atom. The fourth-order valence-corrected chi connectivity index (χ4v) is 2.92. The molecule has 23 heavy (non-hydrogen) atoms. The van der Waals surface area contributed by atoms with Gasteiger partial charge in [-0.2, -0.15) is 0 Å². The van der Waals surface area contributed by atoms with Gasteiger partial charge in [-0.3, -0.25) is 4.79 Å². The van der Waals surface area contributed by atoms with E-state index in [1.54, 1.807) is 4.90 Å². The van der Waals surface area contributed by atoms with Crippen LogP contribution in [0.2, 0.25) is 0 Å². The first-order valence-corrected chi connectivity index (χ1v) is 7.67. The van der Waals surface area contributed by atoms with Crippen molar-refractivity contribution in [2.45, 2.75) is 19.4 Å². The van der Waals surface area contributed by atoms with E-state index in [9.17, 15) is 13.6 Å². The fraction of sp³-hybridized carbons (Fsp3) is 0.278. The second kappa shape index (κ2) is 6.77. The third-order valence-corrected chi connectivity index (χ3v) is 3.96. The monoisotopic (exact) mass is 316 g/mol. The molecule has 0 spiro atoms. The summed E-state index contributed by atoms with van der Waals surface area (Å²) in [6, 6.07) is 11.8. The van der Waals surface area contributed by atoms with Gasteiger partial charge in [0.05, 0.1) is 12.2 Å². The van der Waals surface area contributed by atoms with Crippen LogP contribution in [-0.4, -0.2) is 19.0 Å². The van der Waals surface area contributed by atoms with Gasteiger partial charge in [-0.1, -0.05) is 30.3 Å². The fourth-order valence-electron chi connectivity index (χ4n) is 2.92. The topological polar surface area (TPSA) is 32.3 Å². The Hall–Kier alpha value is -2.43. The van der Waals surface area contributed by atoms with E-state index in [2.05, 4.69) is 5.32 Å². The van der Waals surface area contributed by atoms with Crippen LogP contribution in [0.25, 0.3) is 0 Å². The summed E-state index contributed by atoms with van der Waals surface area (Å²) in [6.45, 7) is 1.10.